The highest BCUT2D eigenvalue weighted by molar-refractivity contribution is 8.18. The van der Waals surface area contributed by atoms with Gasteiger partial charge in [0, 0.05) is 17.0 Å². The third-order valence-electron chi connectivity index (χ3n) is 7.69. The first-order valence-corrected chi connectivity index (χ1v) is 14.2. The molecule has 2 atom stereocenters. The summed E-state index contributed by atoms with van der Waals surface area (Å²) >= 11 is 4.34. The van der Waals surface area contributed by atoms with Gasteiger partial charge in [-0.15, -0.1) is 23.5 Å². The van der Waals surface area contributed by atoms with Gasteiger partial charge in [-0.25, -0.2) is 0 Å². The second kappa shape index (κ2) is 11.6. The highest BCUT2D eigenvalue weighted by Crippen LogP contribution is 2.63. The molecule has 1 heterocycles. The molecule has 190 valence electrons. The predicted octanol–water partition coefficient (Wildman–Crippen LogP) is 7.55. The summed E-state index contributed by atoms with van der Waals surface area (Å²) in [5.41, 5.74) is 3.93. The first kappa shape index (κ1) is 27.2. The third kappa shape index (κ3) is 5.09. The van der Waals surface area contributed by atoms with Gasteiger partial charge < -0.3 is 18.9 Å². The number of methoxy groups -OCH3 is 4. The van der Waals surface area contributed by atoms with Crippen molar-refractivity contribution in [1.82, 2.24) is 0 Å². The van der Waals surface area contributed by atoms with Gasteiger partial charge in [0.25, 0.3) is 0 Å². The summed E-state index contributed by atoms with van der Waals surface area (Å²) in [4.78, 5) is 0. The van der Waals surface area contributed by atoms with E-state index in [0.717, 1.165) is 12.0 Å². The van der Waals surface area contributed by atoms with Crippen LogP contribution in [0.4, 0.5) is 0 Å². The van der Waals surface area contributed by atoms with E-state index in [9.17, 15) is 0 Å². The fourth-order valence-corrected chi connectivity index (χ4v) is 9.58. The molecule has 1 aliphatic heterocycles. The number of thioether (sulfide) groups is 2. The summed E-state index contributed by atoms with van der Waals surface area (Å²) in [5, 5.41) is 0. The van der Waals surface area contributed by atoms with E-state index in [-0.39, 0.29) is 9.49 Å². The van der Waals surface area contributed by atoms with E-state index in [1.165, 1.54) is 48.3 Å². The van der Waals surface area contributed by atoms with Crippen LogP contribution in [0.2, 0.25) is 0 Å². The van der Waals surface area contributed by atoms with Gasteiger partial charge in [0.1, 0.15) is 0 Å². The van der Waals surface area contributed by atoms with Crippen molar-refractivity contribution in [2.24, 2.45) is 11.3 Å². The standard InChI is InChI=1S/C28H42O4S2/c1-19(12-13-22-25(31-7)23(29-5)17-24(30-6)26(22)32-8)18-28(33-15-10-16-34-28)27(4)14-9-11-20(2)21(27)3/h12,17,20H,3,9-11,13-16,18H2,1-2,4-8H3/b19-12+/t20-,27+/m0/s1. The van der Waals surface area contributed by atoms with E-state index >= 15 is 0 Å². The molecule has 1 aliphatic carbocycles. The van der Waals surface area contributed by atoms with Crippen molar-refractivity contribution < 1.29 is 18.9 Å². The van der Waals surface area contributed by atoms with Crippen molar-refractivity contribution in [3.05, 3.63) is 35.4 Å². The highest BCUT2D eigenvalue weighted by Gasteiger charge is 2.53. The summed E-state index contributed by atoms with van der Waals surface area (Å²) in [6, 6.07) is 1.82. The summed E-state index contributed by atoms with van der Waals surface area (Å²) in [6.07, 6.45) is 9.15. The highest BCUT2D eigenvalue weighted by atomic mass is 32.2. The van der Waals surface area contributed by atoms with E-state index in [1.54, 1.807) is 28.4 Å². The number of allylic oxidation sites excluding steroid dienone is 3. The molecule has 0 aromatic heterocycles. The molecule has 4 nitrogen and oxygen atoms in total. The maximum atomic E-state index is 5.74. The smallest absolute Gasteiger partial charge is 0.168 e. The number of ether oxygens (including phenoxy) is 4. The second-order valence-electron chi connectivity index (χ2n) is 9.71. The van der Waals surface area contributed by atoms with Crippen LogP contribution in [0.1, 0.15) is 58.4 Å². The predicted molar refractivity (Wildman–Crippen MR) is 147 cm³/mol. The minimum atomic E-state index is 0.137. The average Bonchev–Trinajstić information content (AvgIpc) is 2.85. The molecule has 0 N–H and O–H groups in total. The zero-order valence-corrected chi connectivity index (χ0v) is 23.7. The molecule has 1 aromatic rings. The Morgan fingerprint density at radius 2 is 1.62 bits per heavy atom. The molecular formula is C28H42O4S2. The van der Waals surface area contributed by atoms with Crippen molar-refractivity contribution in [2.45, 2.75) is 63.4 Å². The molecule has 1 aromatic carbocycles. The van der Waals surface area contributed by atoms with Gasteiger partial charge in [0.2, 0.25) is 0 Å². The Morgan fingerprint density at radius 1 is 1.03 bits per heavy atom. The number of hydrogen-bond acceptors (Lipinski definition) is 6. The zero-order chi connectivity index (χ0) is 24.9. The maximum Gasteiger partial charge on any atom is 0.168 e. The minimum absolute atomic E-state index is 0.137. The lowest BCUT2D eigenvalue weighted by atomic mass is 9.64. The summed E-state index contributed by atoms with van der Waals surface area (Å²) in [7, 11) is 6.64. The Morgan fingerprint density at radius 3 is 2.15 bits per heavy atom. The fraction of sp³-hybridized carbons (Fsp3) is 0.643. The third-order valence-corrected chi connectivity index (χ3v) is 11.5. The van der Waals surface area contributed by atoms with E-state index in [0.29, 0.717) is 35.3 Å². The molecule has 0 amide bonds. The lowest BCUT2D eigenvalue weighted by molar-refractivity contribution is 0.240. The lowest BCUT2D eigenvalue weighted by Crippen LogP contribution is -2.47. The monoisotopic (exact) mass is 506 g/mol. The van der Waals surface area contributed by atoms with Crippen LogP contribution in [-0.2, 0) is 6.42 Å². The van der Waals surface area contributed by atoms with Crippen molar-refractivity contribution >= 4 is 23.5 Å². The summed E-state index contributed by atoms with van der Waals surface area (Å²) < 4.78 is 22.8. The van der Waals surface area contributed by atoms with Crippen LogP contribution in [0.3, 0.4) is 0 Å². The molecule has 6 heteroatoms. The minimum Gasteiger partial charge on any atom is -0.493 e. The molecule has 2 fully saturated rings. The Kier molecular flexibility index (Phi) is 9.24. The van der Waals surface area contributed by atoms with Crippen molar-refractivity contribution in [3.8, 4) is 23.0 Å². The SMILES string of the molecule is C=C1[C@@H](C)CCC[C@@]1(C)C1(C/C(C)=C/Cc2c(OC)c(OC)cc(OC)c2OC)SCCCS1. The molecule has 0 radical (unpaired) electrons. The fourth-order valence-electron chi connectivity index (χ4n) is 5.57. The van der Waals surface area contributed by atoms with Crippen LogP contribution in [0.5, 0.6) is 23.0 Å². The molecule has 2 aliphatic rings. The van der Waals surface area contributed by atoms with Crippen LogP contribution < -0.4 is 18.9 Å². The van der Waals surface area contributed by atoms with Crippen LogP contribution >= 0.6 is 23.5 Å². The van der Waals surface area contributed by atoms with Gasteiger partial charge in [-0.3, -0.25) is 0 Å². The summed E-state index contributed by atoms with van der Waals surface area (Å²) in [6.45, 7) is 11.8. The topological polar surface area (TPSA) is 36.9 Å². The molecule has 0 spiro atoms. The van der Waals surface area contributed by atoms with Crippen LogP contribution in [-0.4, -0.2) is 44.0 Å². The van der Waals surface area contributed by atoms with E-state index < -0.39 is 0 Å². The molecule has 0 unspecified atom stereocenters. The van der Waals surface area contributed by atoms with Gasteiger partial charge in [-0.1, -0.05) is 44.1 Å². The van der Waals surface area contributed by atoms with E-state index in [4.69, 9.17) is 18.9 Å². The van der Waals surface area contributed by atoms with Gasteiger partial charge >= 0.3 is 0 Å². The normalized spacial score (nSPS) is 25.1. The molecule has 3 rings (SSSR count). The largest absolute Gasteiger partial charge is 0.493 e. The first-order valence-electron chi connectivity index (χ1n) is 12.3. The Labute approximate surface area is 215 Å². The molecular weight excluding hydrogens is 464 g/mol. The van der Waals surface area contributed by atoms with Gasteiger partial charge in [-0.2, -0.15) is 0 Å². The second-order valence-corrected chi connectivity index (χ2v) is 12.8. The van der Waals surface area contributed by atoms with Crippen LogP contribution in [0.15, 0.2) is 29.9 Å². The van der Waals surface area contributed by atoms with Crippen molar-refractivity contribution in [3.63, 3.8) is 0 Å². The average molecular weight is 507 g/mol. The quantitative estimate of drug-likeness (QED) is 0.322. The molecule has 1 saturated heterocycles. The van der Waals surface area contributed by atoms with Gasteiger partial charge in [0.05, 0.1) is 32.5 Å². The zero-order valence-electron chi connectivity index (χ0n) is 22.0. The Balaban J connectivity index is 1.95. The lowest BCUT2D eigenvalue weighted by Gasteiger charge is -2.54. The number of benzene rings is 1. The van der Waals surface area contributed by atoms with Crippen LogP contribution in [0.25, 0.3) is 0 Å². The van der Waals surface area contributed by atoms with Crippen LogP contribution in [0, 0.1) is 11.3 Å². The van der Waals surface area contributed by atoms with Crippen molar-refractivity contribution in [2.75, 3.05) is 39.9 Å². The first-order chi connectivity index (χ1) is 16.3. The van der Waals surface area contributed by atoms with Gasteiger partial charge in [0.15, 0.2) is 23.0 Å². The molecule has 1 saturated carbocycles. The summed E-state index contributed by atoms with van der Waals surface area (Å²) in [5.74, 6) is 5.75. The molecule has 0 bridgehead atoms. The number of rotatable bonds is 9. The van der Waals surface area contributed by atoms with E-state index in [1.807, 2.05) is 6.07 Å². The maximum absolute atomic E-state index is 5.74. The van der Waals surface area contributed by atoms with Crippen molar-refractivity contribution in [1.29, 1.82) is 0 Å². The Bertz CT molecular complexity index is 874. The Hall–Kier alpha value is -1.40. The van der Waals surface area contributed by atoms with Gasteiger partial charge in [-0.05, 0) is 56.5 Å². The van der Waals surface area contributed by atoms with E-state index in [2.05, 4.69) is 56.9 Å². The molecule has 34 heavy (non-hydrogen) atoms. The number of hydrogen-bond donors (Lipinski definition) is 0.